The summed E-state index contributed by atoms with van der Waals surface area (Å²) < 4.78 is 1.88. The summed E-state index contributed by atoms with van der Waals surface area (Å²) in [6, 6.07) is -0.0918. The Morgan fingerprint density at radius 1 is 1.33 bits per heavy atom. The van der Waals surface area contributed by atoms with Crippen LogP contribution in [0.1, 0.15) is 46.6 Å². The number of carbonyl (C=O) groups is 1. The fourth-order valence-electron chi connectivity index (χ4n) is 2.68. The molecular formula is C17H27N5OS. The largest absolute Gasteiger partial charge is 0.337 e. The molecule has 6 nitrogen and oxygen atoms in total. The minimum absolute atomic E-state index is 0.0454. The Morgan fingerprint density at radius 3 is 2.58 bits per heavy atom. The van der Waals surface area contributed by atoms with Crippen molar-refractivity contribution in [2.75, 3.05) is 6.54 Å². The third kappa shape index (κ3) is 4.56. The molecule has 2 aromatic heterocycles. The van der Waals surface area contributed by atoms with Crippen LogP contribution in [0.15, 0.2) is 6.20 Å². The Balaban J connectivity index is 1.81. The highest BCUT2D eigenvalue weighted by atomic mass is 32.1. The number of aryl methyl sites for hydroxylation is 3. The molecule has 24 heavy (non-hydrogen) atoms. The zero-order valence-corrected chi connectivity index (χ0v) is 16.1. The molecule has 0 radical (unpaired) electrons. The lowest BCUT2D eigenvalue weighted by Gasteiger charge is -2.16. The van der Waals surface area contributed by atoms with Crippen molar-refractivity contribution in [1.82, 2.24) is 25.4 Å². The Morgan fingerprint density at radius 2 is 2.04 bits per heavy atom. The van der Waals surface area contributed by atoms with Crippen LogP contribution in [0.3, 0.4) is 0 Å². The maximum absolute atomic E-state index is 12.1. The molecule has 0 saturated carbocycles. The van der Waals surface area contributed by atoms with E-state index in [2.05, 4.69) is 34.6 Å². The molecule has 0 unspecified atom stereocenters. The third-order valence-corrected chi connectivity index (χ3v) is 5.32. The van der Waals surface area contributed by atoms with E-state index in [1.165, 1.54) is 10.4 Å². The average Bonchev–Trinajstić information content (AvgIpc) is 3.04. The zero-order chi connectivity index (χ0) is 17.9. The summed E-state index contributed by atoms with van der Waals surface area (Å²) in [6.07, 6.45) is 2.65. The number of hydrogen-bond donors (Lipinski definition) is 2. The molecule has 0 aromatic carbocycles. The van der Waals surface area contributed by atoms with Crippen molar-refractivity contribution in [1.29, 1.82) is 0 Å². The Bertz CT molecular complexity index is 706. The third-order valence-electron chi connectivity index (χ3n) is 4.18. The number of carbonyl (C=O) groups excluding carboxylic acids is 1. The van der Waals surface area contributed by atoms with Crippen LogP contribution in [-0.4, -0.2) is 33.4 Å². The first kappa shape index (κ1) is 18.4. The first-order valence-corrected chi connectivity index (χ1v) is 9.05. The van der Waals surface area contributed by atoms with Crippen LogP contribution in [0.25, 0.3) is 0 Å². The van der Waals surface area contributed by atoms with Gasteiger partial charge in [0.05, 0.1) is 10.7 Å². The van der Waals surface area contributed by atoms with Gasteiger partial charge in [0.2, 0.25) is 0 Å². The number of urea groups is 1. The van der Waals surface area contributed by atoms with E-state index in [0.29, 0.717) is 6.54 Å². The molecule has 0 aliphatic carbocycles. The smallest absolute Gasteiger partial charge is 0.315 e. The van der Waals surface area contributed by atoms with Crippen molar-refractivity contribution in [2.24, 2.45) is 7.05 Å². The molecule has 0 spiro atoms. The maximum Gasteiger partial charge on any atom is 0.315 e. The van der Waals surface area contributed by atoms with Crippen LogP contribution in [0.5, 0.6) is 0 Å². The molecule has 0 bridgehead atoms. The van der Waals surface area contributed by atoms with E-state index in [-0.39, 0.29) is 18.0 Å². The van der Waals surface area contributed by atoms with Crippen molar-refractivity contribution in [3.8, 4) is 0 Å². The Hall–Kier alpha value is -1.89. The molecule has 0 aliphatic heterocycles. The van der Waals surface area contributed by atoms with Gasteiger partial charge in [0, 0.05) is 42.3 Å². The van der Waals surface area contributed by atoms with Crippen molar-refractivity contribution >= 4 is 17.4 Å². The van der Waals surface area contributed by atoms with Gasteiger partial charge in [-0.2, -0.15) is 5.10 Å². The fourth-order valence-corrected chi connectivity index (χ4v) is 3.50. The number of aromatic nitrogens is 3. The van der Waals surface area contributed by atoms with Gasteiger partial charge in [-0.1, -0.05) is 6.92 Å². The van der Waals surface area contributed by atoms with Gasteiger partial charge in [0.25, 0.3) is 0 Å². The number of rotatable bonds is 6. The second-order valence-corrected chi connectivity index (χ2v) is 7.71. The van der Waals surface area contributed by atoms with Crippen LogP contribution in [0.4, 0.5) is 4.79 Å². The van der Waals surface area contributed by atoms with Gasteiger partial charge >= 0.3 is 6.03 Å². The first-order valence-electron chi connectivity index (χ1n) is 8.23. The van der Waals surface area contributed by atoms with Crippen LogP contribution in [0, 0.1) is 20.8 Å². The van der Waals surface area contributed by atoms with Crippen molar-refractivity contribution < 1.29 is 4.79 Å². The molecule has 132 valence electrons. The second-order valence-electron chi connectivity index (χ2n) is 6.44. The van der Waals surface area contributed by atoms with Crippen molar-refractivity contribution in [3.63, 3.8) is 0 Å². The first-order chi connectivity index (χ1) is 11.3. The monoisotopic (exact) mass is 349 g/mol. The van der Waals surface area contributed by atoms with E-state index < -0.39 is 0 Å². The summed E-state index contributed by atoms with van der Waals surface area (Å²) in [5, 5.41) is 11.4. The normalized spacial score (nSPS) is 13.6. The molecule has 0 fully saturated rings. The zero-order valence-electron chi connectivity index (χ0n) is 15.3. The van der Waals surface area contributed by atoms with Crippen LogP contribution < -0.4 is 10.6 Å². The lowest BCUT2D eigenvalue weighted by molar-refractivity contribution is 0.237. The molecule has 2 amide bonds. The van der Waals surface area contributed by atoms with E-state index in [0.717, 1.165) is 22.8 Å². The lowest BCUT2D eigenvalue weighted by atomic mass is 10.1. The molecule has 2 heterocycles. The SMILES string of the molecule is Cc1cnc([C@@H](C)CNC(=O)N[C@H](C)Cc2c(C)nn(C)c2C)s1. The van der Waals surface area contributed by atoms with Gasteiger partial charge in [-0.25, -0.2) is 9.78 Å². The minimum atomic E-state index is -0.137. The van der Waals surface area contributed by atoms with E-state index in [9.17, 15) is 4.79 Å². The highest BCUT2D eigenvalue weighted by Crippen LogP contribution is 2.20. The Labute approximate surface area is 147 Å². The maximum atomic E-state index is 12.1. The van der Waals surface area contributed by atoms with Gasteiger partial charge in [-0.3, -0.25) is 4.68 Å². The van der Waals surface area contributed by atoms with Crippen LogP contribution >= 0.6 is 11.3 Å². The van der Waals surface area contributed by atoms with Crippen molar-refractivity contribution in [2.45, 2.75) is 53.0 Å². The van der Waals surface area contributed by atoms with Gasteiger partial charge < -0.3 is 10.6 Å². The van der Waals surface area contributed by atoms with Gasteiger partial charge in [0.1, 0.15) is 0 Å². The molecule has 7 heteroatoms. The molecular weight excluding hydrogens is 322 g/mol. The van der Waals surface area contributed by atoms with Crippen LogP contribution in [-0.2, 0) is 13.5 Å². The number of hydrogen-bond acceptors (Lipinski definition) is 4. The molecule has 2 aromatic rings. The topological polar surface area (TPSA) is 71.8 Å². The van der Waals surface area contributed by atoms with E-state index >= 15 is 0 Å². The van der Waals surface area contributed by atoms with Crippen molar-refractivity contribution in [3.05, 3.63) is 33.0 Å². The van der Waals surface area contributed by atoms with Gasteiger partial charge in [-0.05, 0) is 39.7 Å². The lowest BCUT2D eigenvalue weighted by Crippen LogP contribution is -2.42. The summed E-state index contributed by atoms with van der Waals surface area (Å²) in [5.41, 5.74) is 3.38. The summed E-state index contributed by atoms with van der Waals surface area (Å²) in [5.74, 6) is 0.215. The summed E-state index contributed by atoms with van der Waals surface area (Å²) in [6.45, 7) is 10.8. The number of nitrogens with zero attached hydrogens (tertiary/aromatic N) is 3. The van der Waals surface area contributed by atoms with Gasteiger partial charge in [-0.15, -0.1) is 11.3 Å². The molecule has 0 saturated heterocycles. The Kier molecular flexibility index (Phi) is 5.99. The fraction of sp³-hybridized carbons (Fsp3) is 0.588. The number of thiazole rings is 1. The second kappa shape index (κ2) is 7.79. The standard InChI is InChI=1S/C17H27N5OS/c1-10(16-18-9-12(3)24-16)8-19-17(23)20-11(2)7-15-13(4)21-22(6)14(15)5/h9-11H,7-8H2,1-6H3,(H2,19,20,23)/t10-,11+/m0/s1. The predicted octanol–water partition coefficient (Wildman–Crippen LogP) is 2.84. The average molecular weight is 350 g/mol. The summed E-state index contributed by atoms with van der Waals surface area (Å²) >= 11 is 1.68. The molecule has 2 rings (SSSR count). The molecule has 2 N–H and O–H groups in total. The summed E-state index contributed by atoms with van der Waals surface area (Å²) in [7, 11) is 1.94. The van der Waals surface area contributed by atoms with E-state index in [4.69, 9.17) is 0 Å². The number of amides is 2. The molecule has 2 atom stereocenters. The van der Waals surface area contributed by atoms with Crippen LogP contribution in [0.2, 0.25) is 0 Å². The van der Waals surface area contributed by atoms with E-state index in [1.54, 1.807) is 11.3 Å². The predicted molar refractivity (Wildman–Crippen MR) is 97.6 cm³/mol. The minimum Gasteiger partial charge on any atom is -0.337 e. The van der Waals surface area contributed by atoms with E-state index in [1.807, 2.05) is 38.7 Å². The quantitative estimate of drug-likeness (QED) is 0.842. The highest BCUT2D eigenvalue weighted by Gasteiger charge is 2.16. The summed E-state index contributed by atoms with van der Waals surface area (Å²) in [4.78, 5) is 17.7. The molecule has 0 aliphatic rings. The van der Waals surface area contributed by atoms with Gasteiger partial charge in [0.15, 0.2) is 0 Å². The highest BCUT2D eigenvalue weighted by molar-refractivity contribution is 7.11. The number of nitrogens with one attached hydrogen (secondary N) is 2.